The van der Waals surface area contributed by atoms with Crippen molar-refractivity contribution in [3.63, 3.8) is 0 Å². The minimum atomic E-state index is -0.291. The third-order valence-corrected chi connectivity index (χ3v) is 6.84. The maximum Gasteiger partial charge on any atom is 0.261 e. The van der Waals surface area contributed by atoms with Crippen LogP contribution in [0, 0.1) is 11.7 Å². The Bertz CT molecular complexity index is 1040. The summed E-state index contributed by atoms with van der Waals surface area (Å²) in [6, 6.07) is 8.15. The van der Waals surface area contributed by atoms with Crippen LogP contribution in [0.15, 0.2) is 36.7 Å². The van der Waals surface area contributed by atoms with Gasteiger partial charge >= 0.3 is 0 Å². The average Bonchev–Trinajstić information content (AvgIpc) is 3.45. The lowest BCUT2D eigenvalue weighted by Gasteiger charge is -2.32. The van der Waals surface area contributed by atoms with Crippen molar-refractivity contribution < 1.29 is 9.18 Å². The van der Waals surface area contributed by atoms with Gasteiger partial charge in [0.05, 0.1) is 10.3 Å². The number of aromatic nitrogens is 2. The second-order valence-corrected chi connectivity index (χ2v) is 9.21. The number of halogens is 1. The first-order valence-corrected chi connectivity index (χ1v) is 11.3. The monoisotopic (exact) mass is 425 g/mol. The molecular formula is C22H24FN5OS. The van der Waals surface area contributed by atoms with E-state index >= 15 is 0 Å². The molecule has 8 heteroatoms. The van der Waals surface area contributed by atoms with Crippen LogP contribution in [-0.4, -0.2) is 46.5 Å². The average molecular weight is 426 g/mol. The standard InChI is InChI=1S/C22H24FN5OS/c23-15-3-5-16(6-4-15)26-20-18-11-19(30-22(18)25-13-24-20)21(29)27-17-7-9-28(10-8-17)12-14-1-2-14/h3-6,11,13-14,17H,1-2,7-10,12H2,(H,27,29)(H,24,25,26). The third kappa shape index (κ3) is 4.44. The highest BCUT2D eigenvalue weighted by molar-refractivity contribution is 7.20. The summed E-state index contributed by atoms with van der Waals surface area (Å²) in [5.74, 6) is 1.18. The molecule has 0 radical (unpaired) electrons. The topological polar surface area (TPSA) is 70.2 Å². The number of benzene rings is 1. The van der Waals surface area contributed by atoms with E-state index in [1.54, 1.807) is 12.1 Å². The number of anilines is 2. The number of nitrogens with one attached hydrogen (secondary N) is 2. The number of nitrogens with zero attached hydrogens (tertiary/aromatic N) is 3. The van der Waals surface area contributed by atoms with Crippen molar-refractivity contribution in [2.45, 2.75) is 31.7 Å². The number of likely N-dealkylation sites (tertiary alicyclic amines) is 1. The van der Waals surface area contributed by atoms with Crippen molar-refractivity contribution >= 4 is 39.0 Å². The van der Waals surface area contributed by atoms with Gasteiger partial charge in [0.1, 0.15) is 22.8 Å². The molecule has 3 heterocycles. The Hall–Kier alpha value is -2.58. The van der Waals surface area contributed by atoms with Crippen molar-refractivity contribution in [3.05, 3.63) is 47.4 Å². The molecule has 3 aromatic rings. The van der Waals surface area contributed by atoms with Crippen LogP contribution in [0.4, 0.5) is 15.9 Å². The molecular weight excluding hydrogens is 401 g/mol. The largest absolute Gasteiger partial charge is 0.349 e. The fourth-order valence-corrected chi connectivity index (χ4v) is 4.82. The van der Waals surface area contributed by atoms with Gasteiger partial charge in [0.2, 0.25) is 0 Å². The van der Waals surface area contributed by atoms with Gasteiger partial charge in [-0.05, 0) is 61.9 Å². The first kappa shape index (κ1) is 19.4. The first-order chi connectivity index (χ1) is 14.6. The molecule has 1 aromatic carbocycles. The quantitative estimate of drug-likeness (QED) is 0.620. The van der Waals surface area contributed by atoms with Gasteiger partial charge in [-0.1, -0.05) is 0 Å². The molecule has 1 aliphatic heterocycles. The van der Waals surface area contributed by atoms with Crippen LogP contribution in [0.2, 0.25) is 0 Å². The molecule has 0 unspecified atom stereocenters. The second-order valence-electron chi connectivity index (χ2n) is 8.18. The minimum absolute atomic E-state index is 0.0497. The van der Waals surface area contributed by atoms with Crippen molar-refractivity contribution in [1.82, 2.24) is 20.2 Å². The Kier molecular flexibility index (Phi) is 5.35. The summed E-state index contributed by atoms with van der Waals surface area (Å²) in [7, 11) is 0. The second kappa shape index (κ2) is 8.28. The van der Waals surface area contributed by atoms with E-state index in [1.165, 1.54) is 49.2 Å². The van der Waals surface area contributed by atoms with E-state index in [9.17, 15) is 9.18 Å². The summed E-state index contributed by atoms with van der Waals surface area (Å²) in [4.78, 5) is 25.4. The minimum Gasteiger partial charge on any atom is -0.349 e. The van der Waals surface area contributed by atoms with Crippen molar-refractivity contribution in [1.29, 1.82) is 0 Å². The Morgan fingerprint density at radius 2 is 1.90 bits per heavy atom. The first-order valence-electron chi connectivity index (χ1n) is 10.4. The highest BCUT2D eigenvalue weighted by Gasteiger charge is 2.28. The smallest absolute Gasteiger partial charge is 0.261 e. The molecule has 1 amide bonds. The molecule has 1 saturated carbocycles. The number of rotatable bonds is 6. The van der Waals surface area contributed by atoms with E-state index < -0.39 is 0 Å². The lowest BCUT2D eigenvalue weighted by Crippen LogP contribution is -2.45. The van der Waals surface area contributed by atoms with Gasteiger partial charge in [0.15, 0.2) is 0 Å². The highest BCUT2D eigenvalue weighted by Crippen LogP contribution is 2.31. The highest BCUT2D eigenvalue weighted by atomic mass is 32.1. The summed E-state index contributed by atoms with van der Waals surface area (Å²) in [6.45, 7) is 3.34. The van der Waals surface area contributed by atoms with E-state index in [1.807, 2.05) is 6.07 Å². The SMILES string of the molecule is O=C(NC1CCN(CC2CC2)CC1)c1cc2c(Nc3ccc(F)cc3)ncnc2s1. The van der Waals surface area contributed by atoms with Gasteiger partial charge < -0.3 is 15.5 Å². The van der Waals surface area contributed by atoms with Gasteiger partial charge in [-0.2, -0.15) is 0 Å². The Balaban J connectivity index is 1.25. The number of fused-ring (bicyclic) bond motifs is 1. The molecule has 2 N–H and O–H groups in total. The molecule has 156 valence electrons. The van der Waals surface area contributed by atoms with Gasteiger partial charge in [0.25, 0.3) is 5.91 Å². The number of amides is 1. The van der Waals surface area contributed by atoms with Crippen LogP contribution in [0.3, 0.4) is 0 Å². The molecule has 6 nitrogen and oxygen atoms in total. The van der Waals surface area contributed by atoms with Crippen molar-refractivity contribution in [3.8, 4) is 0 Å². The number of thiophene rings is 1. The number of hydrogen-bond donors (Lipinski definition) is 2. The van der Waals surface area contributed by atoms with Crippen LogP contribution >= 0.6 is 11.3 Å². The normalized spacial score (nSPS) is 17.9. The van der Waals surface area contributed by atoms with Crippen LogP contribution < -0.4 is 10.6 Å². The number of piperidine rings is 1. The zero-order chi connectivity index (χ0) is 20.5. The molecule has 0 bridgehead atoms. The molecule has 2 fully saturated rings. The molecule has 0 atom stereocenters. The van der Waals surface area contributed by atoms with E-state index in [2.05, 4.69) is 25.5 Å². The van der Waals surface area contributed by atoms with Crippen LogP contribution in [0.25, 0.3) is 10.2 Å². The number of carbonyl (C=O) groups excluding carboxylic acids is 1. The van der Waals surface area contributed by atoms with E-state index in [0.29, 0.717) is 10.7 Å². The fraction of sp³-hybridized carbons (Fsp3) is 0.409. The summed E-state index contributed by atoms with van der Waals surface area (Å²) in [5.41, 5.74) is 0.728. The molecule has 2 aliphatic rings. The van der Waals surface area contributed by atoms with E-state index in [0.717, 1.165) is 47.8 Å². The molecule has 2 aromatic heterocycles. The van der Waals surface area contributed by atoms with Gasteiger partial charge in [0, 0.05) is 31.4 Å². The number of hydrogen-bond acceptors (Lipinski definition) is 6. The fourth-order valence-electron chi connectivity index (χ4n) is 3.92. The maximum absolute atomic E-state index is 13.1. The molecule has 5 rings (SSSR count). The van der Waals surface area contributed by atoms with Crippen LogP contribution in [0.1, 0.15) is 35.4 Å². The Labute approximate surface area is 178 Å². The van der Waals surface area contributed by atoms with Crippen molar-refractivity contribution in [2.75, 3.05) is 25.0 Å². The van der Waals surface area contributed by atoms with E-state index in [4.69, 9.17) is 0 Å². The zero-order valence-corrected chi connectivity index (χ0v) is 17.4. The van der Waals surface area contributed by atoms with E-state index in [-0.39, 0.29) is 17.8 Å². The summed E-state index contributed by atoms with van der Waals surface area (Å²) in [5, 5.41) is 7.17. The lowest BCUT2D eigenvalue weighted by atomic mass is 10.0. The van der Waals surface area contributed by atoms with Gasteiger partial charge in [-0.25, -0.2) is 14.4 Å². The molecule has 30 heavy (non-hydrogen) atoms. The van der Waals surface area contributed by atoms with Crippen molar-refractivity contribution in [2.24, 2.45) is 5.92 Å². The van der Waals surface area contributed by atoms with Crippen LogP contribution in [-0.2, 0) is 0 Å². The summed E-state index contributed by atoms with van der Waals surface area (Å²) < 4.78 is 13.1. The molecule has 0 spiro atoms. The molecule has 1 aliphatic carbocycles. The maximum atomic E-state index is 13.1. The lowest BCUT2D eigenvalue weighted by molar-refractivity contribution is 0.0914. The number of carbonyl (C=O) groups is 1. The third-order valence-electron chi connectivity index (χ3n) is 5.80. The summed E-state index contributed by atoms with van der Waals surface area (Å²) in [6.07, 6.45) is 6.23. The predicted octanol–water partition coefficient (Wildman–Crippen LogP) is 4.18. The van der Waals surface area contributed by atoms with Crippen LogP contribution in [0.5, 0.6) is 0 Å². The van der Waals surface area contributed by atoms with Gasteiger partial charge in [-0.15, -0.1) is 11.3 Å². The molecule has 1 saturated heterocycles. The predicted molar refractivity (Wildman–Crippen MR) is 117 cm³/mol. The zero-order valence-electron chi connectivity index (χ0n) is 16.6. The summed E-state index contributed by atoms with van der Waals surface area (Å²) >= 11 is 1.36. The Morgan fingerprint density at radius 3 is 2.63 bits per heavy atom. The van der Waals surface area contributed by atoms with Gasteiger partial charge in [-0.3, -0.25) is 4.79 Å². The Morgan fingerprint density at radius 1 is 1.13 bits per heavy atom.